The lowest BCUT2D eigenvalue weighted by atomic mass is 10.1. The fraction of sp³-hybridized carbons (Fsp3) is 0.455. The van der Waals surface area contributed by atoms with Crippen molar-refractivity contribution in [2.45, 2.75) is 6.42 Å². The van der Waals surface area contributed by atoms with Crippen LogP contribution in [0.3, 0.4) is 0 Å². The van der Waals surface area contributed by atoms with Crippen LogP contribution in [-0.4, -0.2) is 19.7 Å². The van der Waals surface area contributed by atoms with E-state index in [0.29, 0.717) is 16.0 Å². The van der Waals surface area contributed by atoms with Gasteiger partial charge in [0.1, 0.15) is 5.75 Å². The third-order valence-corrected chi connectivity index (χ3v) is 3.28. The summed E-state index contributed by atoms with van der Waals surface area (Å²) in [6.45, 7) is 2.88. The predicted octanol–water partition coefficient (Wildman–Crippen LogP) is 2.98. The molecule has 0 amide bonds. The van der Waals surface area contributed by atoms with Gasteiger partial charge in [-0.2, -0.15) is 0 Å². The highest BCUT2D eigenvalue weighted by Gasteiger charge is 2.14. The molecule has 0 aromatic heterocycles. The molecule has 0 bridgehead atoms. The van der Waals surface area contributed by atoms with Crippen LogP contribution in [0.4, 0.5) is 0 Å². The summed E-state index contributed by atoms with van der Waals surface area (Å²) in [7, 11) is 0. The zero-order chi connectivity index (χ0) is 10.7. The highest BCUT2D eigenvalue weighted by molar-refractivity contribution is 6.42. The molecule has 82 valence electrons. The van der Waals surface area contributed by atoms with E-state index in [1.165, 1.54) is 6.42 Å². The summed E-state index contributed by atoms with van der Waals surface area (Å²) in [5.74, 6) is 1.40. The van der Waals surface area contributed by atoms with Crippen LogP contribution in [0.15, 0.2) is 18.2 Å². The topological polar surface area (TPSA) is 21.3 Å². The Kier molecular flexibility index (Phi) is 3.73. The van der Waals surface area contributed by atoms with Crippen molar-refractivity contribution in [1.29, 1.82) is 0 Å². The maximum absolute atomic E-state index is 5.88. The van der Waals surface area contributed by atoms with Crippen molar-refractivity contribution >= 4 is 23.2 Å². The molecule has 0 saturated carbocycles. The Morgan fingerprint density at radius 2 is 2.20 bits per heavy atom. The molecule has 1 saturated heterocycles. The molecule has 0 unspecified atom stereocenters. The van der Waals surface area contributed by atoms with Crippen molar-refractivity contribution in [2.24, 2.45) is 5.92 Å². The number of hydrogen-bond donors (Lipinski definition) is 1. The third-order valence-electron chi connectivity index (χ3n) is 2.54. The van der Waals surface area contributed by atoms with Gasteiger partial charge in [0.25, 0.3) is 0 Å². The lowest BCUT2D eigenvalue weighted by Crippen LogP contribution is -2.15. The quantitative estimate of drug-likeness (QED) is 0.885. The molecule has 1 aliphatic heterocycles. The first kappa shape index (κ1) is 11.1. The van der Waals surface area contributed by atoms with Crippen molar-refractivity contribution < 1.29 is 4.74 Å². The fourth-order valence-corrected chi connectivity index (χ4v) is 1.93. The first-order valence-corrected chi connectivity index (χ1v) is 5.80. The number of rotatable bonds is 3. The zero-order valence-corrected chi connectivity index (χ0v) is 9.81. The van der Waals surface area contributed by atoms with Crippen LogP contribution in [0.2, 0.25) is 10.0 Å². The summed E-state index contributed by atoms with van der Waals surface area (Å²) < 4.78 is 5.64. The smallest absolute Gasteiger partial charge is 0.120 e. The van der Waals surface area contributed by atoms with E-state index in [1.54, 1.807) is 12.1 Å². The Hall–Kier alpha value is -0.440. The SMILES string of the molecule is Clc1ccc(OC[C@@H]2CCNC2)cc1Cl. The summed E-state index contributed by atoms with van der Waals surface area (Å²) in [6, 6.07) is 5.36. The monoisotopic (exact) mass is 245 g/mol. The number of benzene rings is 1. The van der Waals surface area contributed by atoms with Crippen LogP contribution in [-0.2, 0) is 0 Å². The molecule has 1 aromatic rings. The molecule has 0 spiro atoms. The molecule has 1 N–H and O–H groups in total. The fourth-order valence-electron chi connectivity index (χ4n) is 1.64. The van der Waals surface area contributed by atoms with E-state index in [0.717, 1.165) is 25.4 Å². The number of ether oxygens (including phenoxy) is 1. The van der Waals surface area contributed by atoms with Gasteiger partial charge in [0.05, 0.1) is 16.7 Å². The van der Waals surface area contributed by atoms with E-state index in [9.17, 15) is 0 Å². The van der Waals surface area contributed by atoms with Gasteiger partial charge in [-0.15, -0.1) is 0 Å². The van der Waals surface area contributed by atoms with Crippen molar-refractivity contribution in [2.75, 3.05) is 19.7 Å². The first-order valence-electron chi connectivity index (χ1n) is 5.04. The van der Waals surface area contributed by atoms with Gasteiger partial charge in [-0.05, 0) is 25.1 Å². The Labute approximate surface area is 99.5 Å². The Balaban J connectivity index is 1.90. The van der Waals surface area contributed by atoms with Crippen molar-refractivity contribution in [3.05, 3.63) is 28.2 Å². The van der Waals surface area contributed by atoms with Gasteiger partial charge in [0.15, 0.2) is 0 Å². The minimum absolute atomic E-state index is 0.540. The second kappa shape index (κ2) is 5.06. The molecule has 2 nitrogen and oxygen atoms in total. The summed E-state index contributed by atoms with van der Waals surface area (Å²) >= 11 is 11.7. The zero-order valence-electron chi connectivity index (χ0n) is 8.30. The Morgan fingerprint density at radius 1 is 1.33 bits per heavy atom. The molecule has 0 aliphatic carbocycles. The normalized spacial score (nSPS) is 20.5. The van der Waals surface area contributed by atoms with E-state index in [2.05, 4.69) is 5.32 Å². The molecule has 15 heavy (non-hydrogen) atoms. The molecule has 0 radical (unpaired) electrons. The average Bonchev–Trinajstić information content (AvgIpc) is 2.73. The largest absolute Gasteiger partial charge is 0.493 e. The number of halogens is 2. The highest BCUT2D eigenvalue weighted by atomic mass is 35.5. The van der Waals surface area contributed by atoms with Crippen LogP contribution in [0.25, 0.3) is 0 Å². The van der Waals surface area contributed by atoms with Gasteiger partial charge >= 0.3 is 0 Å². The van der Waals surface area contributed by atoms with Gasteiger partial charge in [-0.1, -0.05) is 23.2 Å². The van der Waals surface area contributed by atoms with Gasteiger partial charge in [-0.3, -0.25) is 0 Å². The summed E-state index contributed by atoms with van der Waals surface area (Å²) in [6.07, 6.45) is 1.18. The molecule has 1 atom stereocenters. The number of hydrogen-bond acceptors (Lipinski definition) is 2. The van der Waals surface area contributed by atoms with E-state index >= 15 is 0 Å². The van der Waals surface area contributed by atoms with Crippen LogP contribution in [0.5, 0.6) is 5.75 Å². The Bertz CT molecular complexity index is 337. The van der Waals surface area contributed by atoms with Crippen molar-refractivity contribution in [3.8, 4) is 5.75 Å². The summed E-state index contributed by atoms with van der Waals surface area (Å²) in [5.41, 5.74) is 0. The van der Waals surface area contributed by atoms with Crippen LogP contribution in [0.1, 0.15) is 6.42 Å². The minimum Gasteiger partial charge on any atom is -0.493 e. The highest BCUT2D eigenvalue weighted by Crippen LogP contribution is 2.26. The van der Waals surface area contributed by atoms with Crippen molar-refractivity contribution in [1.82, 2.24) is 5.32 Å². The van der Waals surface area contributed by atoms with E-state index < -0.39 is 0 Å². The molecule has 1 heterocycles. The molecule has 1 aromatic carbocycles. The molecular formula is C11H13Cl2NO. The van der Waals surface area contributed by atoms with E-state index in [4.69, 9.17) is 27.9 Å². The second-order valence-corrected chi connectivity index (χ2v) is 4.56. The second-order valence-electron chi connectivity index (χ2n) is 3.75. The van der Waals surface area contributed by atoms with Crippen LogP contribution in [0, 0.1) is 5.92 Å². The maximum atomic E-state index is 5.88. The van der Waals surface area contributed by atoms with Gasteiger partial charge in [0, 0.05) is 18.5 Å². The lowest BCUT2D eigenvalue weighted by molar-refractivity contribution is 0.260. The molecule has 4 heteroatoms. The van der Waals surface area contributed by atoms with Gasteiger partial charge in [-0.25, -0.2) is 0 Å². The van der Waals surface area contributed by atoms with Crippen LogP contribution < -0.4 is 10.1 Å². The number of nitrogens with one attached hydrogen (secondary N) is 1. The predicted molar refractivity (Wildman–Crippen MR) is 62.9 cm³/mol. The standard InChI is InChI=1S/C11H13Cl2NO/c12-10-2-1-9(5-11(10)13)15-7-8-3-4-14-6-8/h1-2,5,8,14H,3-4,6-7H2/t8-/m1/s1. The van der Waals surface area contributed by atoms with Crippen molar-refractivity contribution in [3.63, 3.8) is 0 Å². The molecule has 1 fully saturated rings. The summed E-state index contributed by atoms with van der Waals surface area (Å²) in [4.78, 5) is 0. The molecule has 1 aliphatic rings. The lowest BCUT2D eigenvalue weighted by Gasteiger charge is -2.11. The Morgan fingerprint density at radius 3 is 2.87 bits per heavy atom. The average molecular weight is 246 g/mol. The maximum Gasteiger partial charge on any atom is 0.120 e. The van der Waals surface area contributed by atoms with E-state index in [1.807, 2.05) is 6.07 Å². The molecular weight excluding hydrogens is 233 g/mol. The van der Waals surface area contributed by atoms with Gasteiger partial charge in [0.2, 0.25) is 0 Å². The third kappa shape index (κ3) is 3.00. The minimum atomic E-state index is 0.540. The summed E-state index contributed by atoms with van der Waals surface area (Å²) in [5, 5.41) is 4.40. The first-order chi connectivity index (χ1) is 7.25. The van der Waals surface area contributed by atoms with E-state index in [-0.39, 0.29) is 0 Å². The molecule has 2 rings (SSSR count). The van der Waals surface area contributed by atoms with Crippen LogP contribution >= 0.6 is 23.2 Å². The van der Waals surface area contributed by atoms with Gasteiger partial charge < -0.3 is 10.1 Å².